The maximum Gasteiger partial charge on any atom is 0.296 e. The van der Waals surface area contributed by atoms with Crippen LogP contribution in [0.4, 0.5) is 0 Å². The number of rotatable bonds is 8. The number of pyridine rings is 4. The Labute approximate surface area is 417 Å². The number of ether oxygens (including phenoxy) is 2. The quantitative estimate of drug-likeness (QED) is 0.0594. The van der Waals surface area contributed by atoms with Crippen LogP contribution in [-0.2, 0) is 14.3 Å². The molecule has 4 bridgehead atoms. The Balaban J connectivity index is 1.34. The number of carbonyl (C=O) groups is 7. The van der Waals surface area contributed by atoms with E-state index in [2.05, 4.69) is 26.6 Å². The van der Waals surface area contributed by atoms with Crippen molar-refractivity contribution in [1.29, 1.82) is 0 Å². The lowest BCUT2D eigenvalue weighted by molar-refractivity contribution is -0.123. The standard InChI is InChI=1S/C45H54N12O17/c46-15-22-73-23-17-48-39(62)28-14-21-53(45(68)34-7-4-9-36(59)55(34)70)19-2-1-18-52(44(67)33-6-3-8-35(58)54(33)69)20-5-16-47-40(63)31-12-10-26(42(65)56(31)71)37(60)50-29-24-74-25-30(29)51-38(61)27-11-13-32(41(64)49-28)57(72)43(27)66/h3-4,6-13,28-30,69-72H,1-2,5,14-25,46H2,(H,47,63)(H,48,62)(H,49,64)(H,50,60)(H,51,61)/t28?,29-,30+/m1/s1. The second-order valence-electron chi connectivity index (χ2n) is 16.7. The number of hydrogen-bond acceptors (Lipinski definition) is 18. The molecule has 3 atom stereocenters. The van der Waals surface area contributed by atoms with Crippen LogP contribution < -0.4 is 54.6 Å². The molecule has 4 aromatic rings. The first-order chi connectivity index (χ1) is 35.4. The van der Waals surface area contributed by atoms with Crippen LogP contribution >= 0.6 is 0 Å². The fourth-order valence-corrected chi connectivity index (χ4v) is 7.82. The average molecular weight is 1030 g/mol. The third kappa shape index (κ3) is 13.0. The van der Waals surface area contributed by atoms with E-state index in [4.69, 9.17) is 15.2 Å². The van der Waals surface area contributed by atoms with E-state index in [1.165, 1.54) is 23.1 Å². The summed E-state index contributed by atoms with van der Waals surface area (Å²) in [6.07, 6.45) is -0.178. The molecule has 0 saturated carbocycles. The highest BCUT2D eigenvalue weighted by atomic mass is 16.5. The number of fused-ring (bicyclic) bond motifs is 2. The van der Waals surface area contributed by atoms with Crippen molar-refractivity contribution in [3.63, 3.8) is 0 Å². The number of amides is 7. The molecular formula is C45H54N12O17. The van der Waals surface area contributed by atoms with E-state index < -0.39 is 116 Å². The van der Waals surface area contributed by atoms with Gasteiger partial charge in [0.15, 0.2) is 0 Å². The molecule has 74 heavy (non-hydrogen) atoms. The van der Waals surface area contributed by atoms with E-state index >= 15 is 0 Å². The molecule has 4 aliphatic heterocycles. The van der Waals surface area contributed by atoms with Crippen molar-refractivity contribution < 1.29 is 63.9 Å². The van der Waals surface area contributed by atoms with Gasteiger partial charge in [-0.3, -0.25) is 52.7 Å². The van der Waals surface area contributed by atoms with Gasteiger partial charge in [-0.1, -0.05) is 12.1 Å². The summed E-state index contributed by atoms with van der Waals surface area (Å²) in [4.78, 5) is 149. The topological polar surface area (TPSA) is 400 Å². The molecule has 7 amide bonds. The molecule has 4 aromatic heterocycles. The fraction of sp³-hybridized carbons (Fsp3) is 0.400. The third-order valence-electron chi connectivity index (χ3n) is 11.8. The Bertz CT molecular complexity index is 3020. The van der Waals surface area contributed by atoms with E-state index in [-0.39, 0.29) is 117 Å². The Morgan fingerprint density at radius 1 is 0.608 bits per heavy atom. The summed E-state index contributed by atoms with van der Waals surface area (Å²) in [5.74, 6) is -6.82. The smallest absolute Gasteiger partial charge is 0.296 e. The first-order valence-electron chi connectivity index (χ1n) is 23.1. The SMILES string of the molecule is NCCOCCNC(=O)C1CCN(C(=O)c2cccc(=O)n2O)CCCCN(C(=O)c2cccc(=O)n2O)CCCNC(=O)c2ccc(c(=O)n2O)C(=O)N[C@@H]2COC[C@@H]2NC(=O)c2ccc(n(O)c2=O)C(=O)N1. The molecule has 4 aliphatic rings. The zero-order valence-electron chi connectivity index (χ0n) is 39.5. The van der Waals surface area contributed by atoms with Gasteiger partial charge in [0.05, 0.1) is 38.5 Å². The molecular weight excluding hydrogens is 981 g/mol. The Hall–Kier alpha value is -8.83. The minimum atomic E-state index is -1.53. The van der Waals surface area contributed by atoms with Crippen molar-refractivity contribution in [1.82, 2.24) is 55.3 Å². The fourth-order valence-electron chi connectivity index (χ4n) is 7.82. The summed E-state index contributed by atoms with van der Waals surface area (Å²) in [6, 6.07) is 7.03. The molecule has 29 nitrogen and oxygen atoms in total. The highest BCUT2D eigenvalue weighted by molar-refractivity contribution is 5.99. The van der Waals surface area contributed by atoms with Gasteiger partial charge in [0.25, 0.3) is 57.7 Å². The summed E-state index contributed by atoms with van der Waals surface area (Å²) in [5, 5.41) is 55.1. The molecule has 11 N–H and O–H groups in total. The van der Waals surface area contributed by atoms with Crippen LogP contribution in [0, 0.1) is 0 Å². The molecule has 8 heterocycles. The molecule has 396 valence electrons. The van der Waals surface area contributed by atoms with Crippen LogP contribution in [0.2, 0.25) is 0 Å². The highest BCUT2D eigenvalue weighted by Crippen LogP contribution is 2.13. The van der Waals surface area contributed by atoms with E-state index in [0.717, 1.165) is 47.4 Å². The van der Waals surface area contributed by atoms with Gasteiger partial charge in [0, 0.05) is 57.9 Å². The van der Waals surface area contributed by atoms with Crippen molar-refractivity contribution in [2.75, 3.05) is 72.2 Å². The van der Waals surface area contributed by atoms with Crippen LogP contribution in [0.5, 0.6) is 0 Å². The van der Waals surface area contributed by atoms with Gasteiger partial charge in [0.1, 0.15) is 39.9 Å². The zero-order valence-corrected chi connectivity index (χ0v) is 39.5. The number of aromatic nitrogens is 4. The molecule has 0 spiro atoms. The van der Waals surface area contributed by atoms with Gasteiger partial charge < -0.3 is 72.4 Å². The molecule has 0 aromatic carbocycles. The molecule has 1 unspecified atom stereocenters. The van der Waals surface area contributed by atoms with E-state index in [1.54, 1.807) is 0 Å². The highest BCUT2D eigenvalue weighted by Gasteiger charge is 2.34. The van der Waals surface area contributed by atoms with E-state index in [1.807, 2.05) is 0 Å². The van der Waals surface area contributed by atoms with Crippen molar-refractivity contribution in [3.05, 3.63) is 136 Å². The van der Waals surface area contributed by atoms with Gasteiger partial charge in [-0.2, -0.15) is 0 Å². The summed E-state index contributed by atoms with van der Waals surface area (Å²) >= 11 is 0. The predicted octanol–water partition coefficient (Wildman–Crippen LogP) is -4.01. The van der Waals surface area contributed by atoms with Crippen LogP contribution in [0.15, 0.2) is 79.8 Å². The summed E-state index contributed by atoms with van der Waals surface area (Å²) < 4.78 is 10.8. The Morgan fingerprint density at radius 3 is 1.64 bits per heavy atom. The molecule has 8 rings (SSSR count). The van der Waals surface area contributed by atoms with Gasteiger partial charge in [-0.25, -0.2) is 0 Å². The molecule has 29 heteroatoms. The molecule has 1 saturated heterocycles. The predicted molar refractivity (Wildman–Crippen MR) is 252 cm³/mol. The largest absolute Gasteiger partial charge is 0.425 e. The van der Waals surface area contributed by atoms with Crippen LogP contribution in [0.1, 0.15) is 88.4 Å². The van der Waals surface area contributed by atoms with Crippen LogP contribution in [0.25, 0.3) is 0 Å². The van der Waals surface area contributed by atoms with Crippen molar-refractivity contribution >= 4 is 41.4 Å². The monoisotopic (exact) mass is 1030 g/mol. The number of nitrogens with zero attached hydrogens (tertiary/aromatic N) is 6. The zero-order chi connectivity index (χ0) is 53.6. The minimum Gasteiger partial charge on any atom is -0.425 e. The first kappa shape index (κ1) is 54.5. The van der Waals surface area contributed by atoms with Gasteiger partial charge >= 0.3 is 0 Å². The number of carbonyl (C=O) groups excluding carboxylic acids is 7. The maximum absolute atomic E-state index is 14.1. The molecule has 0 radical (unpaired) electrons. The summed E-state index contributed by atoms with van der Waals surface area (Å²) in [7, 11) is 0. The minimum absolute atomic E-state index is 0.00331. The average Bonchev–Trinajstić information content (AvgIpc) is 3.81. The maximum atomic E-state index is 14.1. The van der Waals surface area contributed by atoms with Gasteiger partial charge in [-0.05, 0) is 62.1 Å². The summed E-state index contributed by atoms with van der Waals surface area (Å²) in [6.45, 7) is -1.06. The summed E-state index contributed by atoms with van der Waals surface area (Å²) in [5.41, 5.74) is -2.58. The van der Waals surface area contributed by atoms with E-state index in [0.29, 0.717) is 0 Å². The van der Waals surface area contributed by atoms with Crippen molar-refractivity contribution in [2.24, 2.45) is 5.73 Å². The lowest BCUT2D eigenvalue weighted by atomic mass is 10.1. The number of nitrogens with one attached hydrogen (secondary N) is 5. The first-order valence-corrected chi connectivity index (χ1v) is 23.1. The van der Waals surface area contributed by atoms with E-state index in [9.17, 15) is 73.6 Å². The Kier molecular flexibility index (Phi) is 18.4. The number of nitrogens with two attached hydrogens (primary N) is 1. The lowest BCUT2D eigenvalue weighted by Gasteiger charge is -2.27. The third-order valence-corrected chi connectivity index (χ3v) is 11.8. The second kappa shape index (κ2) is 25.0. The molecule has 0 aliphatic carbocycles. The van der Waals surface area contributed by atoms with Crippen molar-refractivity contribution in [2.45, 2.75) is 43.8 Å². The number of hydrogen-bond donors (Lipinski definition) is 10. The molecule has 1 fully saturated rings. The van der Waals surface area contributed by atoms with Gasteiger partial charge in [0.2, 0.25) is 5.91 Å². The van der Waals surface area contributed by atoms with Crippen LogP contribution in [-0.4, -0.2) is 181 Å². The van der Waals surface area contributed by atoms with Gasteiger partial charge in [-0.15, -0.1) is 18.9 Å². The normalized spacial score (nSPS) is 18.6. The second-order valence-corrected chi connectivity index (χ2v) is 16.7. The Morgan fingerprint density at radius 2 is 1.11 bits per heavy atom. The lowest BCUT2D eigenvalue weighted by Crippen LogP contribution is -2.52. The van der Waals surface area contributed by atoms with Crippen LogP contribution in [0.3, 0.4) is 0 Å². The van der Waals surface area contributed by atoms with Crippen molar-refractivity contribution in [3.8, 4) is 0 Å².